The number of hydrogen-bond donors (Lipinski definition) is 0. The fourth-order valence-corrected chi connectivity index (χ4v) is 3.32. The third-order valence-corrected chi connectivity index (χ3v) is 4.64. The van der Waals surface area contributed by atoms with Crippen LogP contribution in [0.5, 0.6) is 0 Å². The van der Waals surface area contributed by atoms with Gasteiger partial charge in [0.05, 0.1) is 11.7 Å². The number of hydrogen-bond acceptors (Lipinski definition) is 1. The highest BCUT2D eigenvalue weighted by molar-refractivity contribution is 6.07. The maximum atomic E-state index is 4.68. The molecular formula is C20H26N2. The minimum absolute atomic E-state index is 1.10. The molecule has 22 heavy (non-hydrogen) atoms. The largest absolute Gasteiger partial charge is 0.342 e. The Labute approximate surface area is 133 Å². The first-order valence-electron chi connectivity index (χ1n) is 8.63. The van der Waals surface area contributed by atoms with Crippen molar-refractivity contribution in [2.24, 2.45) is 7.05 Å². The molecule has 0 radical (unpaired) electrons. The second kappa shape index (κ2) is 6.95. The number of aryl methyl sites for hydroxylation is 2. The van der Waals surface area contributed by atoms with E-state index in [4.69, 9.17) is 0 Å². The highest BCUT2D eigenvalue weighted by Gasteiger charge is 2.08. The predicted molar refractivity (Wildman–Crippen MR) is 95.3 cm³/mol. The van der Waals surface area contributed by atoms with Crippen LogP contribution in [0.15, 0.2) is 36.5 Å². The van der Waals surface area contributed by atoms with Gasteiger partial charge in [-0.1, -0.05) is 57.2 Å². The van der Waals surface area contributed by atoms with Crippen LogP contribution in [0.2, 0.25) is 0 Å². The molecule has 0 aliphatic rings. The molecule has 116 valence electrons. The Morgan fingerprint density at radius 1 is 0.909 bits per heavy atom. The van der Waals surface area contributed by atoms with Gasteiger partial charge < -0.3 is 4.57 Å². The Morgan fingerprint density at radius 3 is 2.55 bits per heavy atom. The normalized spacial score (nSPS) is 11.5. The smallest absolute Gasteiger partial charge is 0.0675 e. The Kier molecular flexibility index (Phi) is 4.77. The maximum absolute atomic E-state index is 4.68. The standard InChI is InChI=1S/C20H26N2/c1-3-4-5-6-7-8-11-16-14-18-17-12-9-10-13-19(17)22(2)20(18)15-21-16/h9-10,12-15H,3-8,11H2,1-2H3. The zero-order valence-corrected chi connectivity index (χ0v) is 13.8. The summed E-state index contributed by atoms with van der Waals surface area (Å²) in [6, 6.07) is 10.9. The minimum Gasteiger partial charge on any atom is -0.342 e. The van der Waals surface area contributed by atoms with Crippen LogP contribution >= 0.6 is 0 Å². The third kappa shape index (κ3) is 3.01. The number of nitrogens with zero attached hydrogens (tertiary/aromatic N) is 2. The first-order valence-corrected chi connectivity index (χ1v) is 8.63. The van der Waals surface area contributed by atoms with Crippen LogP contribution in [-0.4, -0.2) is 9.55 Å². The zero-order chi connectivity index (χ0) is 15.4. The van der Waals surface area contributed by atoms with E-state index < -0.39 is 0 Å². The number of rotatable bonds is 7. The van der Waals surface area contributed by atoms with Gasteiger partial charge >= 0.3 is 0 Å². The molecule has 0 unspecified atom stereocenters. The lowest BCUT2D eigenvalue weighted by Crippen LogP contribution is -1.92. The van der Waals surface area contributed by atoms with E-state index in [2.05, 4.69) is 53.9 Å². The molecule has 0 bridgehead atoms. The van der Waals surface area contributed by atoms with E-state index in [1.165, 1.54) is 66.0 Å². The van der Waals surface area contributed by atoms with E-state index in [0.29, 0.717) is 0 Å². The molecule has 2 heterocycles. The zero-order valence-electron chi connectivity index (χ0n) is 13.8. The molecular weight excluding hydrogens is 268 g/mol. The van der Waals surface area contributed by atoms with Crippen molar-refractivity contribution in [1.82, 2.24) is 9.55 Å². The summed E-state index contributed by atoms with van der Waals surface area (Å²) >= 11 is 0. The molecule has 0 aliphatic heterocycles. The molecule has 1 aromatic carbocycles. The lowest BCUT2D eigenvalue weighted by molar-refractivity contribution is 0.605. The monoisotopic (exact) mass is 294 g/mol. The molecule has 0 atom stereocenters. The summed E-state index contributed by atoms with van der Waals surface area (Å²) in [7, 11) is 2.12. The number of aromatic nitrogens is 2. The molecule has 2 nitrogen and oxygen atoms in total. The molecule has 0 N–H and O–H groups in total. The Balaban J connectivity index is 1.74. The van der Waals surface area contributed by atoms with Gasteiger partial charge in [0.15, 0.2) is 0 Å². The van der Waals surface area contributed by atoms with Gasteiger partial charge in [0, 0.05) is 29.0 Å². The lowest BCUT2D eigenvalue weighted by atomic mass is 10.1. The number of pyridine rings is 1. The summed E-state index contributed by atoms with van der Waals surface area (Å²) in [6.45, 7) is 2.27. The molecule has 0 fully saturated rings. The van der Waals surface area contributed by atoms with Crippen LogP contribution in [0.25, 0.3) is 21.8 Å². The molecule has 2 heteroatoms. The number of benzene rings is 1. The summed E-state index contributed by atoms with van der Waals surface area (Å²) < 4.78 is 2.24. The van der Waals surface area contributed by atoms with E-state index in [0.717, 1.165) is 6.42 Å². The molecule has 0 spiro atoms. The van der Waals surface area contributed by atoms with Crippen LogP contribution in [0.1, 0.15) is 51.1 Å². The van der Waals surface area contributed by atoms with Crippen molar-refractivity contribution in [3.8, 4) is 0 Å². The molecule has 0 amide bonds. The maximum Gasteiger partial charge on any atom is 0.0675 e. The van der Waals surface area contributed by atoms with Crippen LogP contribution in [0.3, 0.4) is 0 Å². The first-order chi connectivity index (χ1) is 10.8. The average molecular weight is 294 g/mol. The van der Waals surface area contributed by atoms with Gasteiger partial charge in [-0.2, -0.15) is 0 Å². The highest BCUT2D eigenvalue weighted by Crippen LogP contribution is 2.28. The highest BCUT2D eigenvalue weighted by atomic mass is 14.9. The third-order valence-electron chi connectivity index (χ3n) is 4.64. The molecule has 2 aromatic heterocycles. The molecule has 3 aromatic rings. The average Bonchev–Trinajstić information content (AvgIpc) is 2.84. The summed E-state index contributed by atoms with van der Waals surface area (Å²) in [5.41, 5.74) is 3.75. The van der Waals surface area contributed by atoms with Crippen molar-refractivity contribution in [3.63, 3.8) is 0 Å². The summed E-state index contributed by atoms with van der Waals surface area (Å²) in [5.74, 6) is 0. The molecule has 0 aliphatic carbocycles. The van der Waals surface area contributed by atoms with E-state index >= 15 is 0 Å². The van der Waals surface area contributed by atoms with E-state index in [1.807, 2.05) is 6.20 Å². The minimum atomic E-state index is 1.10. The van der Waals surface area contributed by atoms with Crippen LogP contribution in [-0.2, 0) is 13.5 Å². The van der Waals surface area contributed by atoms with E-state index in [1.54, 1.807) is 0 Å². The van der Waals surface area contributed by atoms with Gasteiger partial charge in [-0.25, -0.2) is 0 Å². The van der Waals surface area contributed by atoms with Crippen molar-refractivity contribution in [2.75, 3.05) is 0 Å². The second-order valence-corrected chi connectivity index (χ2v) is 6.29. The predicted octanol–water partition coefficient (Wildman–Crippen LogP) is 5.63. The fraction of sp³-hybridized carbons (Fsp3) is 0.450. The van der Waals surface area contributed by atoms with Crippen LogP contribution in [0.4, 0.5) is 0 Å². The summed E-state index contributed by atoms with van der Waals surface area (Å²) in [5, 5.41) is 2.68. The van der Waals surface area contributed by atoms with Gasteiger partial charge in [-0.15, -0.1) is 0 Å². The van der Waals surface area contributed by atoms with E-state index in [-0.39, 0.29) is 0 Å². The van der Waals surface area contributed by atoms with Crippen LogP contribution in [0, 0.1) is 0 Å². The summed E-state index contributed by atoms with van der Waals surface area (Å²) in [6.07, 6.45) is 11.2. The van der Waals surface area contributed by atoms with Crippen molar-refractivity contribution >= 4 is 21.8 Å². The van der Waals surface area contributed by atoms with Crippen molar-refractivity contribution in [3.05, 3.63) is 42.2 Å². The van der Waals surface area contributed by atoms with Crippen molar-refractivity contribution in [2.45, 2.75) is 51.9 Å². The number of unbranched alkanes of at least 4 members (excludes halogenated alkanes) is 5. The van der Waals surface area contributed by atoms with Gasteiger partial charge in [0.25, 0.3) is 0 Å². The Bertz CT molecular complexity index is 755. The van der Waals surface area contributed by atoms with E-state index in [9.17, 15) is 0 Å². The fourth-order valence-electron chi connectivity index (χ4n) is 3.32. The molecule has 0 saturated carbocycles. The summed E-state index contributed by atoms with van der Waals surface area (Å²) in [4.78, 5) is 4.68. The number of para-hydroxylation sites is 1. The Morgan fingerprint density at radius 2 is 1.68 bits per heavy atom. The number of fused-ring (bicyclic) bond motifs is 3. The lowest BCUT2D eigenvalue weighted by Gasteiger charge is -2.03. The van der Waals surface area contributed by atoms with Gasteiger partial charge in [-0.3, -0.25) is 4.98 Å². The van der Waals surface area contributed by atoms with Gasteiger partial charge in [0.2, 0.25) is 0 Å². The Hall–Kier alpha value is -1.83. The molecule has 0 saturated heterocycles. The van der Waals surface area contributed by atoms with Gasteiger partial charge in [0.1, 0.15) is 0 Å². The molecule has 3 rings (SSSR count). The van der Waals surface area contributed by atoms with Crippen molar-refractivity contribution < 1.29 is 0 Å². The SMILES string of the molecule is CCCCCCCCc1cc2c3ccccc3n(C)c2cn1. The van der Waals surface area contributed by atoms with Gasteiger partial charge in [-0.05, 0) is 25.0 Å². The second-order valence-electron chi connectivity index (χ2n) is 6.29. The van der Waals surface area contributed by atoms with Crippen LogP contribution < -0.4 is 0 Å². The topological polar surface area (TPSA) is 17.8 Å². The quantitative estimate of drug-likeness (QED) is 0.516. The van der Waals surface area contributed by atoms with Crippen molar-refractivity contribution in [1.29, 1.82) is 0 Å². The first kappa shape index (κ1) is 15.1.